The quantitative estimate of drug-likeness (QED) is 0.466. The summed E-state index contributed by atoms with van der Waals surface area (Å²) in [6, 6.07) is 5.47. The maximum Gasteiger partial charge on any atom is 0.192 e. The lowest BCUT2D eigenvalue weighted by atomic mass is 10.2. The van der Waals surface area contributed by atoms with E-state index in [1.807, 2.05) is 16.7 Å². The van der Waals surface area contributed by atoms with Gasteiger partial charge >= 0.3 is 0 Å². The first-order valence-corrected chi connectivity index (χ1v) is 8.80. The zero-order valence-corrected chi connectivity index (χ0v) is 14.9. The lowest BCUT2D eigenvalue weighted by Gasteiger charge is -2.08. The second-order valence-electron chi connectivity index (χ2n) is 4.82. The van der Waals surface area contributed by atoms with Gasteiger partial charge in [-0.2, -0.15) is 0 Å². The molecule has 0 spiro atoms. The van der Waals surface area contributed by atoms with Crippen molar-refractivity contribution in [3.05, 3.63) is 65.1 Å². The SMILES string of the molecule is C=CCn1c(SCc2ccc(Cl)cc2Cl)nnc1-c1cnccn1. The van der Waals surface area contributed by atoms with Crippen molar-refractivity contribution in [3.8, 4) is 11.5 Å². The van der Waals surface area contributed by atoms with Crippen LogP contribution in [0, 0.1) is 0 Å². The van der Waals surface area contributed by atoms with Crippen LogP contribution in [0.3, 0.4) is 0 Å². The summed E-state index contributed by atoms with van der Waals surface area (Å²) in [5, 5.41) is 10.5. The van der Waals surface area contributed by atoms with E-state index in [9.17, 15) is 0 Å². The van der Waals surface area contributed by atoms with E-state index in [1.165, 1.54) is 0 Å². The first kappa shape index (κ1) is 17.0. The summed E-state index contributed by atoms with van der Waals surface area (Å²) in [5.41, 5.74) is 1.66. The predicted octanol–water partition coefficient (Wildman–Crippen LogP) is 4.52. The van der Waals surface area contributed by atoms with Gasteiger partial charge in [-0.25, -0.2) is 4.98 Å². The zero-order valence-electron chi connectivity index (χ0n) is 12.6. The molecule has 0 atom stereocenters. The molecule has 0 saturated carbocycles. The highest BCUT2D eigenvalue weighted by atomic mass is 35.5. The molecule has 2 heterocycles. The lowest BCUT2D eigenvalue weighted by molar-refractivity contribution is 0.729. The Balaban J connectivity index is 1.85. The molecule has 0 aliphatic rings. The number of aromatic nitrogens is 5. The summed E-state index contributed by atoms with van der Waals surface area (Å²) in [6.07, 6.45) is 6.70. The van der Waals surface area contributed by atoms with Gasteiger partial charge in [-0.3, -0.25) is 9.55 Å². The molecule has 0 aliphatic heterocycles. The fourth-order valence-electron chi connectivity index (χ4n) is 2.07. The van der Waals surface area contributed by atoms with Crippen LogP contribution in [0.4, 0.5) is 0 Å². The third-order valence-electron chi connectivity index (χ3n) is 3.19. The molecular weight excluding hydrogens is 365 g/mol. The Hall–Kier alpha value is -1.89. The Kier molecular flexibility index (Phi) is 5.50. The van der Waals surface area contributed by atoms with Crippen LogP contribution in [0.1, 0.15) is 5.56 Å². The topological polar surface area (TPSA) is 56.5 Å². The van der Waals surface area contributed by atoms with Crippen LogP contribution in [0.15, 0.2) is 54.6 Å². The van der Waals surface area contributed by atoms with Crippen LogP contribution in [0.25, 0.3) is 11.5 Å². The van der Waals surface area contributed by atoms with E-state index < -0.39 is 0 Å². The third-order valence-corrected chi connectivity index (χ3v) is 4.80. The zero-order chi connectivity index (χ0) is 16.9. The second kappa shape index (κ2) is 7.79. The van der Waals surface area contributed by atoms with Gasteiger partial charge in [0.15, 0.2) is 11.0 Å². The van der Waals surface area contributed by atoms with Gasteiger partial charge in [0.05, 0.1) is 6.20 Å². The molecule has 0 fully saturated rings. The van der Waals surface area contributed by atoms with Crippen molar-refractivity contribution in [2.24, 2.45) is 0 Å². The van der Waals surface area contributed by atoms with Crippen molar-refractivity contribution in [3.63, 3.8) is 0 Å². The van der Waals surface area contributed by atoms with Gasteiger partial charge < -0.3 is 0 Å². The fraction of sp³-hybridized carbons (Fsp3) is 0.125. The number of allylic oxidation sites excluding steroid dienone is 1. The minimum Gasteiger partial charge on any atom is -0.297 e. The van der Waals surface area contributed by atoms with Gasteiger partial charge in [0.2, 0.25) is 0 Å². The average Bonchev–Trinajstić information content (AvgIpc) is 2.98. The number of nitrogens with zero attached hydrogens (tertiary/aromatic N) is 5. The third kappa shape index (κ3) is 3.77. The van der Waals surface area contributed by atoms with Gasteiger partial charge in [-0.05, 0) is 17.7 Å². The molecule has 0 amide bonds. The van der Waals surface area contributed by atoms with E-state index in [0.717, 1.165) is 10.7 Å². The van der Waals surface area contributed by atoms with E-state index in [-0.39, 0.29) is 0 Å². The average molecular weight is 378 g/mol. The van der Waals surface area contributed by atoms with Gasteiger partial charge in [0, 0.05) is 34.7 Å². The minimum atomic E-state index is 0.579. The summed E-state index contributed by atoms with van der Waals surface area (Å²) >= 11 is 13.7. The first-order valence-electron chi connectivity index (χ1n) is 7.06. The Labute approximate surface area is 153 Å². The highest BCUT2D eigenvalue weighted by molar-refractivity contribution is 7.98. The molecule has 0 N–H and O–H groups in total. The number of hydrogen-bond donors (Lipinski definition) is 0. The van der Waals surface area contributed by atoms with Gasteiger partial charge in [-0.1, -0.05) is 47.1 Å². The van der Waals surface area contributed by atoms with Crippen LogP contribution in [-0.4, -0.2) is 24.7 Å². The Morgan fingerprint density at radius 1 is 1.21 bits per heavy atom. The van der Waals surface area contributed by atoms with Crippen LogP contribution in [0.2, 0.25) is 10.0 Å². The molecule has 0 unspecified atom stereocenters. The molecule has 2 aromatic heterocycles. The molecule has 0 saturated heterocycles. The van der Waals surface area contributed by atoms with Gasteiger partial charge in [0.1, 0.15) is 5.69 Å². The summed E-state index contributed by atoms with van der Waals surface area (Å²) < 4.78 is 1.95. The lowest BCUT2D eigenvalue weighted by Crippen LogP contribution is -2.02. The van der Waals surface area contributed by atoms with Crippen LogP contribution in [0.5, 0.6) is 0 Å². The molecule has 1 aromatic carbocycles. The van der Waals surface area contributed by atoms with E-state index >= 15 is 0 Å². The van der Waals surface area contributed by atoms with Crippen molar-refractivity contribution in [2.45, 2.75) is 17.5 Å². The molecular formula is C16H13Cl2N5S. The van der Waals surface area contributed by atoms with E-state index in [0.29, 0.717) is 33.9 Å². The molecule has 3 aromatic rings. The van der Waals surface area contributed by atoms with Crippen molar-refractivity contribution in [1.82, 2.24) is 24.7 Å². The normalized spacial score (nSPS) is 10.8. The highest BCUT2D eigenvalue weighted by Gasteiger charge is 2.15. The largest absolute Gasteiger partial charge is 0.297 e. The van der Waals surface area contributed by atoms with Crippen molar-refractivity contribution in [1.29, 1.82) is 0 Å². The van der Waals surface area contributed by atoms with Crippen molar-refractivity contribution < 1.29 is 0 Å². The maximum absolute atomic E-state index is 6.22. The smallest absolute Gasteiger partial charge is 0.192 e. The monoisotopic (exact) mass is 377 g/mol. The Morgan fingerprint density at radius 3 is 2.79 bits per heavy atom. The predicted molar refractivity (Wildman–Crippen MR) is 97.3 cm³/mol. The van der Waals surface area contributed by atoms with Gasteiger partial charge in [-0.15, -0.1) is 16.8 Å². The van der Waals surface area contributed by atoms with Crippen molar-refractivity contribution in [2.75, 3.05) is 0 Å². The van der Waals surface area contributed by atoms with Crippen LogP contribution < -0.4 is 0 Å². The Morgan fingerprint density at radius 2 is 2.08 bits per heavy atom. The summed E-state index contributed by atoms with van der Waals surface area (Å²) in [5.74, 6) is 1.32. The summed E-state index contributed by atoms with van der Waals surface area (Å²) in [7, 11) is 0. The van der Waals surface area contributed by atoms with E-state index in [4.69, 9.17) is 23.2 Å². The first-order chi connectivity index (χ1) is 11.7. The van der Waals surface area contributed by atoms with E-state index in [2.05, 4.69) is 26.7 Å². The molecule has 0 bridgehead atoms. The molecule has 8 heteroatoms. The number of thioether (sulfide) groups is 1. The van der Waals surface area contributed by atoms with Crippen LogP contribution >= 0.6 is 35.0 Å². The molecule has 24 heavy (non-hydrogen) atoms. The summed E-state index contributed by atoms with van der Waals surface area (Å²) in [4.78, 5) is 8.36. The highest BCUT2D eigenvalue weighted by Crippen LogP contribution is 2.29. The Bertz CT molecular complexity index is 851. The molecule has 5 nitrogen and oxygen atoms in total. The molecule has 3 rings (SSSR count). The minimum absolute atomic E-state index is 0.579. The number of benzene rings is 1. The fourth-order valence-corrected chi connectivity index (χ4v) is 3.58. The van der Waals surface area contributed by atoms with E-state index in [1.54, 1.807) is 42.5 Å². The molecule has 0 radical (unpaired) electrons. The number of hydrogen-bond acceptors (Lipinski definition) is 5. The summed E-state index contributed by atoms with van der Waals surface area (Å²) in [6.45, 7) is 4.38. The second-order valence-corrected chi connectivity index (χ2v) is 6.61. The molecule has 0 aliphatic carbocycles. The standard InChI is InChI=1S/C16H13Cl2N5S/c1-2-7-23-15(14-9-19-5-6-20-14)21-22-16(23)24-10-11-3-4-12(17)8-13(11)18/h2-6,8-9H,1,7,10H2. The maximum atomic E-state index is 6.22. The van der Waals surface area contributed by atoms with Gasteiger partial charge in [0.25, 0.3) is 0 Å². The van der Waals surface area contributed by atoms with Crippen LogP contribution in [-0.2, 0) is 12.3 Å². The molecule has 122 valence electrons. The van der Waals surface area contributed by atoms with Crippen molar-refractivity contribution >= 4 is 35.0 Å². The number of rotatable bonds is 6. The number of halogens is 2.